The van der Waals surface area contributed by atoms with Crippen molar-refractivity contribution in [2.45, 2.75) is 73.9 Å². The van der Waals surface area contributed by atoms with Gasteiger partial charge in [0.25, 0.3) is 5.91 Å². The lowest BCUT2D eigenvalue weighted by molar-refractivity contribution is -0.139. The molecule has 0 radical (unpaired) electrons. The normalized spacial score (nSPS) is 27.8. The van der Waals surface area contributed by atoms with Crippen LogP contribution in [-0.2, 0) is 24.1 Å². The quantitative estimate of drug-likeness (QED) is 0.528. The third-order valence-electron chi connectivity index (χ3n) is 6.80. The van der Waals surface area contributed by atoms with Crippen LogP contribution in [0.1, 0.15) is 56.9 Å². The first-order valence-corrected chi connectivity index (χ1v) is 13.9. The molecule has 1 aromatic heterocycles. The van der Waals surface area contributed by atoms with Crippen LogP contribution in [0.3, 0.4) is 0 Å². The van der Waals surface area contributed by atoms with Crippen LogP contribution in [0.15, 0.2) is 47.6 Å². The van der Waals surface area contributed by atoms with Crippen LogP contribution in [0.2, 0.25) is 0 Å². The number of carbonyl (C=O) groups excluding carboxylic acids is 1. The van der Waals surface area contributed by atoms with Crippen molar-refractivity contribution in [3.05, 3.63) is 54.0 Å². The van der Waals surface area contributed by atoms with Crippen molar-refractivity contribution in [3.8, 4) is 0 Å². The SMILES string of the molecule is CC1(C)OC[C@H](c2cnc(NC(=O)C(=CC3C[C@@H](F)[C@@H](F)C3)c3ccc(S(=O)(=O)C4CC4)cc3)cn2)O1. The van der Waals surface area contributed by atoms with Crippen molar-refractivity contribution < 1.29 is 31.5 Å². The summed E-state index contributed by atoms with van der Waals surface area (Å²) in [6.45, 7) is 3.94. The maximum atomic E-state index is 13.8. The Hall–Kier alpha value is -2.76. The van der Waals surface area contributed by atoms with Gasteiger partial charge in [0.15, 0.2) is 21.4 Å². The van der Waals surface area contributed by atoms with Crippen LogP contribution in [0.5, 0.6) is 0 Å². The second kappa shape index (κ2) is 9.85. The van der Waals surface area contributed by atoms with Gasteiger partial charge in [-0.05, 0) is 63.1 Å². The van der Waals surface area contributed by atoms with Gasteiger partial charge in [-0.1, -0.05) is 18.2 Å². The Morgan fingerprint density at radius 2 is 1.76 bits per heavy atom. The molecule has 3 fully saturated rings. The van der Waals surface area contributed by atoms with Crippen LogP contribution >= 0.6 is 0 Å². The van der Waals surface area contributed by atoms with Crippen molar-refractivity contribution in [1.29, 1.82) is 0 Å². The number of nitrogens with zero attached hydrogens (tertiary/aromatic N) is 2. The van der Waals surface area contributed by atoms with E-state index >= 15 is 0 Å². The van der Waals surface area contributed by atoms with Gasteiger partial charge >= 0.3 is 0 Å². The maximum absolute atomic E-state index is 13.8. The van der Waals surface area contributed by atoms with Crippen LogP contribution < -0.4 is 5.32 Å². The first-order valence-electron chi connectivity index (χ1n) is 12.3. The first kappa shape index (κ1) is 25.9. The molecule has 2 aromatic rings. The fraction of sp³-hybridized carbons (Fsp3) is 0.500. The summed E-state index contributed by atoms with van der Waals surface area (Å²) in [5.41, 5.74) is 1.18. The van der Waals surface area contributed by atoms with E-state index in [9.17, 15) is 22.0 Å². The van der Waals surface area contributed by atoms with E-state index in [0.717, 1.165) is 0 Å². The van der Waals surface area contributed by atoms with Gasteiger partial charge in [-0.15, -0.1) is 0 Å². The number of anilines is 1. The number of ether oxygens (including phenoxy) is 2. The highest BCUT2D eigenvalue weighted by Gasteiger charge is 2.37. The summed E-state index contributed by atoms with van der Waals surface area (Å²) in [7, 11) is -3.39. The zero-order chi connectivity index (χ0) is 26.4. The number of aromatic nitrogens is 2. The number of amides is 1. The molecule has 8 nitrogen and oxygen atoms in total. The lowest BCUT2D eigenvalue weighted by atomic mass is 9.98. The average Bonchev–Trinajstić information content (AvgIpc) is 3.60. The first-order chi connectivity index (χ1) is 17.5. The molecule has 198 valence electrons. The summed E-state index contributed by atoms with van der Waals surface area (Å²) in [5.74, 6) is -1.55. The molecule has 3 aliphatic rings. The Bertz CT molecular complexity index is 1280. The summed E-state index contributed by atoms with van der Waals surface area (Å²) in [6.07, 6.45) is 2.14. The number of hydrogen-bond donors (Lipinski definition) is 1. The standard InChI is InChI=1S/C26H29F2N3O5S/c1-26(2)35-14-23(36-26)22-12-30-24(13-29-22)31-25(32)19(9-15-10-20(27)21(28)11-15)16-3-5-17(6-4-16)37(33,34)18-7-8-18/h3-6,9,12-13,15,18,20-21,23H,7-8,10-11,14H2,1-2H3,(H,30,31,32)/t15?,20-,21+,23-/m1/s1. The van der Waals surface area contributed by atoms with E-state index in [2.05, 4.69) is 15.3 Å². The molecule has 11 heteroatoms. The number of sulfone groups is 1. The van der Waals surface area contributed by atoms with Gasteiger partial charge in [0.2, 0.25) is 0 Å². The van der Waals surface area contributed by atoms with Gasteiger partial charge in [0, 0.05) is 5.57 Å². The van der Waals surface area contributed by atoms with Crippen molar-refractivity contribution >= 4 is 27.1 Å². The summed E-state index contributed by atoms with van der Waals surface area (Å²) in [4.78, 5) is 22.1. The molecule has 4 atom stereocenters. The highest BCUT2D eigenvalue weighted by Crippen LogP contribution is 2.36. The topological polar surface area (TPSA) is 107 Å². The molecule has 37 heavy (non-hydrogen) atoms. The average molecular weight is 534 g/mol. The van der Waals surface area contributed by atoms with E-state index in [1.54, 1.807) is 32.1 Å². The number of alkyl halides is 2. The number of hydrogen-bond acceptors (Lipinski definition) is 7. The third-order valence-corrected chi connectivity index (χ3v) is 9.08. The fourth-order valence-electron chi connectivity index (χ4n) is 4.63. The molecule has 1 aliphatic heterocycles. The van der Waals surface area contributed by atoms with Crippen molar-refractivity contribution in [2.75, 3.05) is 11.9 Å². The van der Waals surface area contributed by atoms with E-state index in [0.29, 0.717) is 30.7 Å². The summed E-state index contributed by atoms with van der Waals surface area (Å²) >= 11 is 0. The second-order valence-electron chi connectivity index (χ2n) is 10.2. The van der Waals surface area contributed by atoms with Crippen molar-refractivity contribution in [3.63, 3.8) is 0 Å². The van der Waals surface area contributed by atoms with Gasteiger partial charge in [0.05, 0.1) is 34.8 Å². The second-order valence-corrected chi connectivity index (χ2v) is 12.4. The lowest BCUT2D eigenvalue weighted by Crippen LogP contribution is -2.20. The molecular weight excluding hydrogens is 504 g/mol. The summed E-state index contributed by atoms with van der Waals surface area (Å²) < 4.78 is 64.1. The van der Waals surface area contributed by atoms with Crippen LogP contribution in [-0.4, -0.2) is 54.3 Å². The van der Waals surface area contributed by atoms with Gasteiger partial charge < -0.3 is 14.8 Å². The molecule has 1 amide bonds. The minimum absolute atomic E-state index is 0.0274. The van der Waals surface area contributed by atoms with E-state index in [1.807, 2.05) is 0 Å². The largest absolute Gasteiger partial charge is 0.347 e. The molecule has 1 aromatic carbocycles. The van der Waals surface area contributed by atoms with Crippen LogP contribution in [0.4, 0.5) is 14.6 Å². The Morgan fingerprint density at radius 1 is 1.08 bits per heavy atom. The predicted molar refractivity (Wildman–Crippen MR) is 132 cm³/mol. The zero-order valence-corrected chi connectivity index (χ0v) is 21.4. The van der Waals surface area contributed by atoms with Crippen LogP contribution in [0.25, 0.3) is 5.57 Å². The number of halogens is 2. The monoisotopic (exact) mass is 533 g/mol. The van der Waals surface area contributed by atoms with Crippen molar-refractivity contribution in [1.82, 2.24) is 9.97 Å². The van der Waals surface area contributed by atoms with E-state index in [1.165, 1.54) is 24.5 Å². The van der Waals surface area contributed by atoms with Gasteiger partial charge in [-0.2, -0.15) is 0 Å². The lowest BCUT2D eigenvalue weighted by Gasteiger charge is -2.16. The van der Waals surface area contributed by atoms with E-state index in [-0.39, 0.29) is 40.5 Å². The van der Waals surface area contributed by atoms with Gasteiger partial charge in [-0.25, -0.2) is 22.2 Å². The highest BCUT2D eigenvalue weighted by molar-refractivity contribution is 7.92. The minimum atomic E-state index is -3.39. The Morgan fingerprint density at radius 3 is 2.30 bits per heavy atom. The van der Waals surface area contributed by atoms with Gasteiger partial charge in [0.1, 0.15) is 18.4 Å². The Labute approximate surface area is 214 Å². The highest BCUT2D eigenvalue weighted by atomic mass is 32.2. The van der Waals surface area contributed by atoms with E-state index < -0.39 is 39.8 Å². The van der Waals surface area contributed by atoms with E-state index in [4.69, 9.17) is 9.47 Å². The molecule has 0 bridgehead atoms. The summed E-state index contributed by atoms with van der Waals surface area (Å²) in [5, 5.41) is 2.33. The molecule has 2 aliphatic carbocycles. The van der Waals surface area contributed by atoms with Crippen molar-refractivity contribution in [2.24, 2.45) is 5.92 Å². The molecule has 1 saturated heterocycles. The number of benzene rings is 1. The molecule has 0 spiro atoms. The third kappa shape index (κ3) is 5.73. The smallest absolute Gasteiger partial charge is 0.257 e. The fourth-order valence-corrected chi connectivity index (χ4v) is 6.28. The summed E-state index contributed by atoms with van der Waals surface area (Å²) in [6, 6.07) is 6.02. The Kier molecular flexibility index (Phi) is 6.88. The Balaban J connectivity index is 1.36. The predicted octanol–water partition coefficient (Wildman–Crippen LogP) is 4.35. The molecule has 2 saturated carbocycles. The number of nitrogens with one attached hydrogen (secondary N) is 1. The molecular formula is C26H29F2N3O5S. The zero-order valence-electron chi connectivity index (χ0n) is 20.6. The number of carbonyl (C=O) groups is 1. The minimum Gasteiger partial charge on any atom is -0.347 e. The van der Waals surface area contributed by atoms with Crippen LogP contribution in [0, 0.1) is 5.92 Å². The number of rotatable bonds is 7. The molecule has 5 rings (SSSR count). The molecule has 2 heterocycles. The van der Waals surface area contributed by atoms with Gasteiger partial charge in [-0.3, -0.25) is 9.78 Å². The number of allylic oxidation sites excluding steroid dienone is 1. The molecule has 1 N–H and O–H groups in total. The molecule has 1 unspecified atom stereocenters. The maximum Gasteiger partial charge on any atom is 0.257 e.